The normalized spacial score (nSPS) is 12.1. The topological polar surface area (TPSA) is 113 Å². The summed E-state index contributed by atoms with van der Waals surface area (Å²) in [6, 6.07) is 18.7. The molecule has 1 amide bonds. The van der Waals surface area contributed by atoms with Crippen LogP contribution in [0.4, 0.5) is 30.2 Å². The molecule has 8 nitrogen and oxygen atoms in total. The molecule has 0 saturated carbocycles. The summed E-state index contributed by atoms with van der Waals surface area (Å²) in [5.41, 5.74) is 1.52. The quantitative estimate of drug-likeness (QED) is 0.202. The lowest BCUT2D eigenvalue weighted by atomic mass is 10.1. The number of carbonyl (C=O) groups excluding carboxylic acids is 1. The molecule has 0 fully saturated rings. The summed E-state index contributed by atoms with van der Waals surface area (Å²) in [4.78, 5) is 12.8. The fraction of sp³-hybridized carbons (Fsp3) is 0.167. The minimum atomic E-state index is -4.79. The first-order valence-electron chi connectivity index (χ1n) is 12.9. The monoisotopic (exact) mass is 665 g/mol. The molecule has 0 aromatic heterocycles. The van der Waals surface area contributed by atoms with Crippen LogP contribution in [0, 0.1) is 20.8 Å². The zero-order valence-corrected chi connectivity index (χ0v) is 26.0. The van der Waals surface area contributed by atoms with Crippen molar-refractivity contribution in [3.05, 3.63) is 112 Å². The van der Waals surface area contributed by atoms with Gasteiger partial charge in [-0.05, 0) is 98.6 Å². The van der Waals surface area contributed by atoms with Crippen LogP contribution in [0.25, 0.3) is 0 Å². The number of rotatable bonds is 9. The van der Waals surface area contributed by atoms with Crippen molar-refractivity contribution in [1.82, 2.24) is 0 Å². The zero-order chi connectivity index (χ0) is 32.4. The molecule has 0 heterocycles. The van der Waals surface area contributed by atoms with E-state index in [4.69, 9.17) is 11.6 Å². The number of benzene rings is 4. The van der Waals surface area contributed by atoms with E-state index in [-0.39, 0.29) is 26.9 Å². The molecule has 4 aromatic rings. The van der Waals surface area contributed by atoms with E-state index in [0.29, 0.717) is 6.07 Å². The Kier molecular flexibility index (Phi) is 9.33. The summed E-state index contributed by atoms with van der Waals surface area (Å²) in [6.07, 6.45) is -4.79. The largest absolute Gasteiger partial charge is 0.417 e. The average molecular weight is 666 g/mol. The van der Waals surface area contributed by atoms with E-state index in [1.165, 1.54) is 24.3 Å². The van der Waals surface area contributed by atoms with Gasteiger partial charge in [0.05, 0.1) is 26.1 Å². The number of nitrogens with one attached hydrogen (secondary N) is 2. The Morgan fingerprint density at radius 2 is 1.36 bits per heavy atom. The van der Waals surface area contributed by atoms with Crippen molar-refractivity contribution in [2.45, 2.75) is 36.7 Å². The van der Waals surface area contributed by atoms with E-state index in [1.807, 2.05) is 20.8 Å². The number of halogens is 4. The number of aryl methyl sites for hydroxylation is 3. The van der Waals surface area contributed by atoms with Gasteiger partial charge >= 0.3 is 6.18 Å². The van der Waals surface area contributed by atoms with Crippen LogP contribution in [0.15, 0.2) is 94.7 Å². The fourth-order valence-corrected chi connectivity index (χ4v) is 6.79. The molecule has 232 valence electrons. The van der Waals surface area contributed by atoms with E-state index >= 15 is 0 Å². The Labute approximate surface area is 258 Å². The highest BCUT2D eigenvalue weighted by Crippen LogP contribution is 2.36. The van der Waals surface area contributed by atoms with E-state index < -0.39 is 49.3 Å². The Morgan fingerprint density at radius 1 is 0.773 bits per heavy atom. The summed E-state index contributed by atoms with van der Waals surface area (Å²) in [6.45, 7) is 4.93. The third-order valence-electron chi connectivity index (χ3n) is 6.65. The van der Waals surface area contributed by atoms with Crippen LogP contribution in [0.2, 0.25) is 5.02 Å². The minimum absolute atomic E-state index is 0.000714. The first kappa shape index (κ1) is 32.8. The highest BCUT2D eigenvalue weighted by Gasteiger charge is 2.34. The number of hydrogen-bond acceptors (Lipinski definition) is 5. The maximum absolute atomic E-state index is 13.6. The molecule has 0 aliphatic rings. The van der Waals surface area contributed by atoms with E-state index in [2.05, 4.69) is 10.0 Å². The van der Waals surface area contributed by atoms with Gasteiger partial charge in [0, 0.05) is 11.4 Å². The van der Waals surface area contributed by atoms with Crippen LogP contribution < -0.4 is 14.3 Å². The molecule has 0 aliphatic heterocycles. The number of anilines is 3. The third kappa shape index (κ3) is 7.52. The minimum Gasteiger partial charge on any atom is -0.325 e. The van der Waals surface area contributed by atoms with Crippen LogP contribution in [-0.4, -0.2) is 29.3 Å². The second-order valence-electron chi connectivity index (χ2n) is 9.96. The average Bonchev–Trinajstić information content (AvgIpc) is 2.94. The van der Waals surface area contributed by atoms with Crippen LogP contribution in [0.1, 0.15) is 22.3 Å². The molecule has 0 atom stereocenters. The van der Waals surface area contributed by atoms with Crippen LogP contribution in [0.3, 0.4) is 0 Å². The maximum Gasteiger partial charge on any atom is 0.417 e. The molecule has 0 spiro atoms. The highest BCUT2D eigenvalue weighted by molar-refractivity contribution is 7.93. The summed E-state index contributed by atoms with van der Waals surface area (Å²) in [7, 11) is -8.46. The van der Waals surface area contributed by atoms with Gasteiger partial charge in [-0.3, -0.25) is 13.8 Å². The van der Waals surface area contributed by atoms with Crippen molar-refractivity contribution >= 4 is 54.6 Å². The van der Waals surface area contributed by atoms with Crippen LogP contribution in [-0.2, 0) is 31.0 Å². The number of carbonyl (C=O) groups is 1. The molecule has 14 heteroatoms. The van der Waals surface area contributed by atoms with Gasteiger partial charge in [-0.25, -0.2) is 16.8 Å². The van der Waals surface area contributed by atoms with Crippen LogP contribution >= 0.6 is 11.6 Å². The first-order valence-corrected chi connectivity index (χ1v) is 16.2. The third-order valence-corrected chi connectivity index (χ3v) is 10.2. The Balaban J connectivity index is 1.54. The SMILES string of the molecule is Cc1ccc(S(=O)(=O)N(CC(=O)Nc2ccc(S(=O)(=O)Nc3ccc(Cl)c(C(F)(F)F)c3)cc2)c2ccc(C)c(C)c2)cc1. The van der Waals surface area contributed by atoms with E-state index in [0.717, 1.165) is 45.3 Å². The molecule has 4 aromatic carbocycles. The molecule has 0 unspecified atom stereocenters. The van der Waals surface area contributed by atoms with Gasteiger partial charge in [-0.15, -0.1) is 0 Å². The smallest absolute Gasteiger partial charge is 0.325 e. The number of nitrogens with zero attached hydrogens (tertiary/aromatic N) is 1. The van der Waals surface area contributed by atoms with Gasteiger partial charge in [0.2, 0.25) is 5.91 Å². The van der Waals surface area contributed by atoms with Crippen molar-refractivity contribution in [2.24, 2.45) is 0 Å². The van der Waals surface area contributed by atoms with Crippen molar-refractivity contribution in [1.29, 1.82) is 0 Å². The van der Waals surface area contributed by atoms with Gasteiger partial charge in [0.15, 0.2) is 0 Å². The molecular weight excluding hydrogens is 639 g/mol. The lowest BCUT2D eigenvalue weighted by Crippen LogP contribution is -2.38. The van der Waals surface area contributed by atoms with Gasteiger partial charge in [-0.1, -0.05) is 35.4 Å². The molecule has 2 N–H and O–H groups in total. The van der Waals surface area contributed by atoms with Crippen molar-refractivity contribution < 1.29 is 34.8 Å². The lowest BCUT2D eigenvalue weighted by Gasteiger charge is -2.25. The second kappa shape index (κ2) is 12.5. The Bertz CT molecular complexity index is 1920. The first-order chi connectivity index (χ1) is 20.5. The molecular formula is C30H27ClF3N3O5S2. The Morgan fingerprint density at radius 3 is 1.95 bits per heavy atom. The summed E-state index contributed by atoms with van der Waals surface area (Å²) >= 11 is 5.60. The van der Waals surface area contributed by atoms with Crippen LogP contribution in [0.5, 0.6) is 0 Å². The number of hydrogen-bond donors (Lipinski definition) is 2. The summed E-state index contributed by atoms with van der Waals surface area (Å²) in [5.74, 6) is -0.700. The van der Waals surface area contributed by atoms with Gasteiger partial charge in [0.1, 0.15) is 6.54 Å². The number of sulfonamides is 2. The summed E-state index contributed by atoms with van der Waals surface area (Å²) in [5, 5.41) is 1.98. The predicted octanol–water partition coefficient (Wildman–Crippen LogP) is 6.92. The summed E-state index contributed by atoms with van der Waals surface area (Å²) < 4.78 is 95.5. The molecule has 0 saturated heterocycles. The van der Waals surface area contributed by atoms with Crippen molar-refractivity contribution in [3.8, 4) is 0 Å². The van der Waals surface area contributed by atoms with Gasteiger partial charge < -0.3 is 5.32 Å². The maximum atomic E-state index is 13.6. The van der Waals surface area contributed by atoms with E-state index in [1.54, 1.807) is 30.3 Å². The standard InChI is InChI=1S/C30H27ClF3N3O5S2/c1-19-4-11-26(12-5-19)44(41,42)37(24-10-6-20(2)21(3)16-24)18-29(38)35-22-7-13-25(14-8-22)43(39,40)36-23-9-15-28(31)27(17-23)30(32,33)34/h4-17,36H,18H2,1-3H3,(H,35,38). The van der Waals surface area contributed by atoms with Crippen molar-refractivity contribution in [3.63, 3.8) is 0 Å². The number of amides is 1. The van der Waals surface area contributed by atoms with Gasteiger partial charge in [-0.2, -0.15) is 13.2 Å². The zero-order valence-electron chi connectivity index (χ0n) is 23.6. The molecule has 4 rings (SSSR count). The molecule has 0 radical (unpaired) electrons. The predicted molar refractivity (Wildman–Crippen MR) is 164 cm³/mol. The fourth-order valence-electron chi connectivity index (χ4n) is 4.10. The van der Waals surface area contributed by atoms with Crippen molar-refractivity contribution in [2.75, 3.05) is 20.9 Å². The molecule has 44 heavy (non-hydrogen) atoms. The number of alkyl halides is 3. The van der Waals surface area contributed by atoms with Gasteiger partial charge in [0.25, 0.3) is 20.0 Å². The molecule has 0 aliphatic carbocycles. The highest BCUT2D eigenvalue weighted by atomic mass is 35.5. The van der Waals surface area contributed by atoms with E-state index in [9.17, 15) is 34.8 Å². The lowest BCUT2D eigenvalue weighted by molar-refractivity contribution is -0.137. The molecule has 0 bridgehead atoms. The second-order valence-corrected chi connectivity index (χ2v) is 13.9. The Hall–Kier alpha value is -4.07.